The molecule has 0 radical (unpaired) electrons. The van der Waals surface area contributed by atoms with E-state index in [9.17, 15) is 4.79 Å². The number of anilines is 2. The van der Waals surface area contributed by atoms with Crippen molar-refractivity contribution in [2.45, 2.75) is 6.54 Å². The van der Waals surface area contributed by atoms with Crippen molar-refractivity contribution in [3.63, 3.8) is 0 Å². The summed E-state index contributed by atoms with van der Waals surface area (Å²) < 4.78 is 6.60. The maximum absolute atomic E-state index is 11.5. The fourth-order valence-electron chi connectivity index (χ4n) is 2.08. The molecule has 1 fully saturated rings. The first kappa shape index (κ1) is 12.5. The first-order valence-corrected chi connectivity index (χ1v) is 6.36. The molecule has 3 rings (SSSR count). The molecule has 104 valence electrons. The predicted octanol–water partition coefficient (Wildman–Crippen LogP) is 1.38. The molecule has 0 bridgehead atoms. The van der Waals surface area contributed by atoms with E-state index in [1.54, 1.807) is 9.58 Å². The summed E-state index contributed by atoms with van der Waals surface area (Å²) in [6, 6.07) is 7.66. The molecular weight excluding hydrogens is 258 g/mol. The zero-order valence-corrected chi connectivity index (χ0v) is 11.1. The second-order valence-corrected chi connectivity index (χ2v) is 4.55. The van der Waals surface area contributed by atoms with Gasteiger partial charge in [-0.3, -0.25) is 9.58 Å². The number of carbonyl (C=O) groups is 1. The number of hydrogen-bond donors (Lipinski definition) is 1. The van der Waals surface area contributed by atoms with Gasteiger partial charge in [0.05, 0.1) is 13.1 Å². The minimum Gasteiger partial charge on any atom is -0.447 e. The highest BCUT2D eigenvalue weighted by Crippen LogP contribution is 2.22. The molecule has 1 aliphatic heterocycles. The molecule has 2 heterocycles. The summed E-state index contributed by atoms with van der Waals surface area (Å²) in [7, 11) is 1.83. The summed E-state index contributed by atoms with van der Waals surface area (Å²) in [5, 5.41) is 11.1. The van der Waals surface area contributed by atoms with E-state index >= 15 is 0 Å². The van der Waals surface area contributed by atoms with E-state index in [4.69, 9.17) is 4.74 Å². The van der Waals surface area contributed by atoms with E-state index < -0.39 is 0 Å². The van der Waals surface area contributed by atoms with Crippen LogP contribution in [0.5, 0.6) is 0 Å². The summed E-state index contributed by atoms with van der Waals surface area (Å²) in [6.07, 6.45) is 1.56. The zero-order valence-electron chi connectivity index (χ0n) is 11.1. The first-order valence-electron chi connectivity index (χ1n) is 6.36. The number of benzene rings is 1. The summed E-state index contributed by atoms with van der Waals surface area (Å²) in [4.78, 5) is 13.1. The first-order chi connectivity index (χ1) is 9.72. The minimum absolute atomic E-state index is 0.295. The van der Waals surface area contributed by atoms with Gasteiger partial charge in [0.2, 0.25) is 0 Å². The number of nitrogens with zero attached hydrogens (tertiary/aromatic N) is 4. The zero-order chi connectivity index (χ0) is 13.9. The van der Waals surface area contributed by atoms with Gasteiger partial charge in [-0.05, 0) is 18.2 Å². The smallest absolute Gasteiger partial charge is 0.414 e. The monoisotopic (exact) mass is 273 g/mol. The van der Waals surface area contributed by atoms with Gasteiger partial charge in [-0.2, -0.15) is 0 Å². The van der Waals surface area contributed by atoms with Crippen molar-refractivity contribution in [1.29, 1.82) is 0 Å². The largest absolute Gasteiger partial charge is 0.447 e. The third kappa shape index (κ3) is 2.56. The van der Waals surface area contributed by atoms with E-state index in [1.807, 2.05) is 37.5 Å². The quantitative estimate of drug-likeness (QED) is 0.911. The van der Waals surface area contributed by atoms with E-state index in [-0.39, 0.29) is 6.09 Å². The highest BCUT2D eigenvalue weighted by Gasteiger charge is 2.23. The average Bonchev–Trinajstić information content (AvgIpc) is 3.05. The van der Waals surface area contributed by atoms with Gasteiger partial charge >= 0.3 is 6.09 Å². The van der Waals surface area contributed by atoms with Gasteiger partial charge in [-0.15, -0.1) is 5.10 Å². The third-order valence-corrected chi connectivity index (χ3v) is 3.04. The van der Waals surface area contributed by atoms with Crippen LogP contribution < -0.4 is 10.2 Å². The van der Waals surface area contributed by atoms with Gasteiger partial charge < -0.3 is 10.1 Å². The second kappa shape index (κ2) is 5.20. The van der Waals surface area contributed by atoms with Crippen molar-refractivity contribution < 1.29 is 9.53 Å². The fraction of sp³-hybridized carbons (Fsp3) is 0.308. The Kier molecular flexibility index (Phi) is 3.24. The molecule has 0 unspecified atom stereocenters. The van der Waals surface area contributed by atoms with Crippen LogP contribution >= 0.6 is 0 Å². The Morgan fingerprint density at radius 2 is 2.35 bits per heavy atom. The fourth-order valence-corrected chi connectivity index (χ4v) is 2.08. The molecule has 20 heavy (non-hydrogen) atoms. The van der Waals surface area contributed by atoms with Gasteiger partial charge in [0.25, 0.3) is 0 Å². The summed E-state index contributed by atoms with van der Waals surface area (Å²) >= 11 is 0. The van der Waals surface area contributed by atoms with E-state index in [2.05, 4.69) is 15.6 Å². The molecule has 0 spiro atoms. The van der Waals surface area contributed by atoms with Gasteiger partial charge in [0.1, 0.15) is 12.3 Å². The molecule has 1 saturated heterocycles. The predicted molar refractivity (Wildman–Crippen MR) is 73.5 cm³/mol. The lowest BCUT2D eigenvalue weighted by Gasteiger charge is -2.14. The molecule has 1 aromatic carbocycles. The minimum atomic E-state index is -0.295. The number of amides is 1. The van der Waals surface area contributed by atoms with Crippen LogP contribution in [0.4, 0.5) is 16.2 Å². The van der Waals surface area contributed by atoms with Crippen LogP contribution in [0.25, 0.3) is 0 Å². The van der Waals surface area contributed by atoms with Gasteiger partial charge in [0, 0.05) is 24.6 Å². The van der Waals surface area contributed by atoms with Crippen molar-refractivity contribution >= 4 is 17.5 Å². The number of hydrogen-bond acceptors (Lipinski definition) is 5. The molecule has 0 atom stereocenters. The van der Waals surface area contributed by atoms with E-state index in [0.717, 1.165) is 17.1 Å². The number of nitrogens with one attached hydrogen (secondary N) is 1. The SMILES string of the molecule is Cn1cc(CNc2cccc(N3CCOC3=O)c2)nn1. The van der Waals surface area contributed by atoms with Crippen LogP contribution in [0.1, 0.15) is 5.69 Å². The maximum atomic E-state index is 11.5. The Morgan fingerprint density at radius 3 is 3.05 bits per heavy atom. The van der Waals surface area contributed by atoms with Crippen LogP contribution in [0, 0.1) is 0 Å². The van der Waals surface area contributed by atoms with Gasteiger partial charge in [-0.1, -0.05) is 11.3 Å². The second-order valence-electron chi connectivity index (χ2n) is 4.55. The summed E-state index contributed by atoms with van der Waals surface area (Å²) in [5.74, 6) is 0. The van der Waals surface area contributed by atoms with Crippen molar-refractivity contribution in [2.75, 3.05) is 23.4 Å². The molecular formula is C13H15N5O2. The van der Waals surface area contributed by atoms with E-state index in [0.29, 0.717) is 19.7 Å². The van der Waals surface area contributed by atoms with Crippen LogP contribution in [-0.2, 0) is 18.3 Å². The standard InChI is InChI=1S/C13H15N5O2/c1-17-9-11(15-16-17)8-14-10-3-2-4-12(7-10)18-5-6-20-13(18)19/h2-4,7,9,14H,5-6,8H2,1H3. The Morgan fingerprint density at radius 1 is 1.45 bits per heavy atom. The molecule has 1 amide bonds. The number of carbonyl (C=O) groups excluding carboxylic acids is 1. The van der Waals surface area contributed by atoms with Crippen LogP contribution in [0.2, 0.25) is 0 Å². The highest BCUT2D eigenvalue weighted by molar-refractivity contribution is 5.89. The molecule has 2 aromatic rings. The van der Waals surface area contributed by atoms with Crippen LogP contribution in [0.15, 0.2) is 30.5 Å². The molecule has 1 aromatic heterocycles. The van der Waals surface area contributed by atoms with E-state index in [1.165, 1.54) is 0 Å². The maximum Gasteiger partial charge on any atom is 0.414 e. The summed E-state index contributed by atoms with van der Waals surface area (Å²) in [5.41, 5.74) is 2.61. The molecule has 1 aliphatic rings. The Balaban J connectivity index is 1.69. The van der Waals surface area contributed by atoms with Crippen LogP contribution in [-0.4, -0.2) is 34.2 Å². The molecule has 0 saturated carbocycles. The van der Waals surface area contributed by atoms with Crippen molar-refractivity contribution in [2.24, 2.45) is 7.05 Å². The molecule has 1 N–H and O–H groups in total. The molecule has 7 nitrogen and oxygen atoms in total. The lowest BCUT2D eigenvalue weighted by molar-refractivity contribution is 0.181. The highest BCUT2D eigenvalue weighted by atomic mass is 16.6. The molecule has 7 heteroatoms. The topological polar surface area (TPSA) is 72.3 Å². The number of aromatic nitrogens is 3. The van der Waals surface area contributed by atoms with Gasteiger partial charge in [0.15, 0.2) is 0 Å². The Hall–Kier alpha value is -2.57. The molecule has 0 aliphatic carbocycles. The Bertz CT molecular complexity index is 625. The number of rotatable bonds is 4. The summed E-state index contributed by atoms with van der Waals surface area (Å²) in [6.45, 7) is 1.62. The van der Waals surface area contributed by atoms with Gasteiger partial charge in [-0.25, -0.2) is 4.79 Å². The third-order valence-electron chi connectivity index (χ3n) is 3.04. The number of cyclic esters (lactones) is 1. The van der Waals surface area contributed by atoms with Crippen molar-refractivity contribution in [3.8, 4) is 0 Å². The lowest BCUT2D eigenvalue weighted by atomic mass is 10.2. The van der Waals surface area contributed by atoms with Crippen molar-refractivity contribution in [3.05, 3.63) is 36.2 Å². The average molecular weight is 273 g/mol. The van der Waals surface area contributed by atoms with Crippen LogP contribution in [0.3, 0.4) is 0 Å². The Labute approximate surface area is 116 Å². The number of aryl methyl sites for hydroxylation is 1. The lowest BCUT2D eigenvalue weighted by Crippen LogP contribution is -2.23. The normalized spacial score (nSPS) is 14.4. The van der Waals surface area contributed by atoms with Crippen molar-refractivity contribution in [1.82, 2.24) is 15.0 Å². The number of ether oxygens (including phenoxy) is 1.